The molecular formula is C17H20ClNO3. The lowest BCUT2D eigenvalue weighted by molar-refractivity contribution is -0.136. The molecule has 4 nitrogen and oxygen atoms in total. The first-order chi connectivity index (χ1) is 10.3. The first kappa shape index (κ1) is 16.6. The minimum absolute atomic E-state index is 0.0494. The summed E-state index contributed by atoms with van der Waals surface area (Å²) in [5.41, 5.74) is 3.01. The highest BCUT2D eigenvalue weighted by molar-refractivity contribution is 6.32. The number of fused-ring (bicyclic) bond motifs is 1. The van der Waals surface area contributed by atoms with Crippen LogP contribution in [-0.4, -0.2) is 15.6 Å². The number of carboxylic acids is 1. The first-order valence-electron chi connectivity index (χ1n) is 7.30. The van der Waals surface area contributed by atoms with Crippen molar-refractivity contribution in [1.29, 1.82) is 0 Å². The number of aromatic nitrogens is 1. The lowest BCUT2D eigenvalue weighted by Crippen LogP contribution is -2.21. The van der Waals surface area contributed by atoms with Crippen molar-refractivity contribution in [2.45, 2.75) is 46.6 Å². The number of carbonyl (C=O) groups is 1. The number of rotatable bonds is 4. The van der Waals surface area contributed by atoms with E-state index >= 15 is 0 Å². The van der Waals surface area contributed by atoms with Gasteiger partial charge in [-0.3, -0.25) is 9.59 Å². The van der Waals surface area contributed by atoms with E-state index in [1.807, 2.05) is 27.7 Å². The van der Waals surface area contributed by atoms with E-state index in [1.165, 1.54) is 0 Å². The summed E-state index contributed by atoms with van der Waals surface area (Å²) in [7, 11) is 0. The Morgan fingerprint density at radius 3 is 2.50 bits per heavy atom. The van der Waals surface area contributed by atoms with Gasteiger partial charge in [0, 0.05) is 34.1 Å². The average molecular weight is 322 g/mol. The summed E-state index contributed by atoms with van der Waals surface area (Å²) in [5, 5.41) is 10.1. The van der Waals surface area contributed by atoms with Crippen LogP contribution in [0.1, 0.15) is 43.1 Å². The predicted octanol–water partition coefficient (Wildman–Crippen LogP) is 3.87. The maximum absolute atomic E-state index is 12.8. The van der Waals surface area contributed by atoms with E-state index < -0.39 is 5.97 Å². The Morgan fingerprint density at radius 2 is 1.95 bits per heavy atom. The third kappa shape index (κ3) is 2.75. The highest BCUT2D eigenvalue weighted by Gasteiger charge is 2.18. The standard InChI is InChI=1S/C17H20ClNO3/c1-9(2)19-11(4)12(6-8-15(20)21)17(22)13-5-7-14(18)10(3)16(13)19/h5,7,9H,6,8H2,1-4H3,(H,20,21). The highest BCUT2D eigenvalue weighted by atomic mass is 35.5. The van der Waals surface area contributed by atoms with Gasteiger partial charge in [-0.05, 0) is 51.8 Å². The van der Waals surface area contributed by atoms with E-state index in [2.05, 4.69) is 4.57 Å². The summed E-state index contributed by atoms with van der Waals surface area (Å²) in [4.78, 5) is 23.6. The Kier molecular flexibility index (Phi) is 4.61. The average Bonchev–Trinajstić information content (AvgIpc) is 2.42. The molecule has 22 heavy (non-hydrogen) atoms. The number of pyridine rings is 1. The van der Waals surface area contributed by atoms with E-state index in [-0.39, 0.29) is 24.3 Å². The largest absolute Gasteiger partial charge is 0.481 e. The zero-order valence-electron chi connectivity index (χ0n) is 13.2. The van der Waals surface area contributed by atoms with E-state index in [0.717, 1.165) is 16.8 Å². The van der Waals surface area contributed by atoms with Gasteiger partial charge in [0.1, 0.15) is 0 Å². The van der Waals surface area contributed by atoms with Crippen LogP contribution in [0.2, 0.25) is 5.02 Å². The Hall–Kier alpha value is -1.81. The fourth-order valence-electron chi connectivity index (χ4n) is 2.98. The summed E-state index contributed by atoms with van der Waals surface area (Å²) < 4.78 is 2.08. The molecule has 118 valence electrons. The van der Waals surface area contributed by atoms with Gasteiger partial charge in [0.05, 0.1) is 5.52 Å². The maximum Gasteiger partial charge on any atom is 0.303 e. The van der Waals surface area contributed by atoms with Crippen molar-refractivity contribution in [2.75, 3.05) is 0 Å². The van der Waals surface area contributed by atoms with Crippen LogP contribution in [0.3, 0.4) is 0 Å². The van der Waals surface area contributed by atoms with Crippen molar-refractivity contribution >= 4 is 28.5 Å². The summed E-state index contributed by atoms with van der Waals surface area (Å²) in [6, 6.07) is 3.60. The molecule has 1 heterocycles. The second-order valence-corrected chi connectivity index (χ2v) is 6.23. The van der Waals surface area contributed by atoms with Crippen LogP contribution in [0, 0.1) is 13.8 Å². The van der Waals surface area contributed by atoms with E-state index in [0.29, 0.717) is 16.0 Å². The molecular weight excluding hydrogens is 302 g/mol. The number of aliphatic carboxylic acids is 1. The zero-order chi connectivity index (χ0) is 16.6. The summed E-state index contributed by atoms with van der Waals surface area (Å²) >= 11 is 6.22. The van der Waals surface area contributed by atoms with Crippen molar-refractivity contribution in [3.05, 3.63) is 44.2 Å². The van der Waals surface area contributed by atoms with Crippen molar-refractivity contribution in [1.82, 2.24) is 4.57 Å². The van der Waals surface area contributed by atoms with Crippen LogP contribution in [0.25, 0.3) is 10.9 Å². The summed E-state index contributed by atoms with van der Waals surface area (Å²) in [6.45, 7) is 7.86. The number of halogens is 1. The fraction of sp³-hybridized carbons (Fsp3) is 0.412. The predicted molar refractivity (Wildman–Crippen MR) is 89.0 cm³/mol. The molecule has 2 aromatic rings. The van der Waals surface area contributed by atoms with Gasteiger partial charge < -0.3 is 9.67 Å². The molecule has 5 heteroatoms. The monoisotopic (exact) mass is 321 g/mol. The second-order valence-electron chi connectivity index (χ2n) is 5.82. The minimum atomic E-state index is -0.901. The molecule has 0 bridgehead atoms. The second kappa shape index (κ2) is 6.13. The molecule has 1 aromatic carbocycles. The smallest absolute Gasteiger partial charge is 0.303 e. The molecule has 1 N–H and O–H groups in total. The van der Waals surface area contributed by atoms with Gasteiger partial charge in [0.15, 0.2) is 5.43 Å². The van der Waals surface area contributed by atoms with Crippen LogP contribution in [0.5, 0.6) is 0 Å². The highest BCUT2D eigenvalue weighted by Crippen LogP contribution is 2.28. The number of nitrogens with zero attached hydrogens (tertiary/aromatic N) is 1. The summed E-state index contributed by atoms with van der Waals surface area (Å²) in [6.07, 6.45) is 0.191. The quantitative estimate of drug-likeness (QED) is 0.930. The molecule has 2 rings (SSSR count). The molecule has 0 spiro atoms. The van der Waals surface area contributed by atoms with E-state index in [4.69, 9.17) is 16.7 Å². The van der Waals surface area contributed by atoms with Crippen molar-refractivity contribution in [2.24, 2.45) is 0 Å². The number of hydrogen-bond donors (Lipinski definition) is 1. The molecule has 0 radical (unpaired) electrons. The minimum Gasteiger partial charge on any atom is -0.481 e. The molecule has 0 fully saturated rings. The van der Waals surface area contributed by atoms with Crippen LogP contribution in [0.15, 0.2) is 16.9 Å². The lowest BCUT2D eigenvalue weighted by atomic mass is 10.0. The normalized spacial score (nSPS) is 11.4. The molecule has 0 unspecified atom stereocenters. The Balaban J connectivity index is 2.88. The van der Waals surface area contributed by atoms with E-state index in [1.54, 1.807) is 12.1 Å². The number of benzene rings is 1. The lowest BCUT2D eigenvalue weighted by Gasteiger charge is -2.23. The SMILES string of the molecule is Cc1c(Cl)ccc2c(=O)c(CCC(=O)O)c(C)n(C(C)C)c12. The zero-order valence-corrected chi connectivity index (χ0v) is 14.0. The molecule has 1 aromatic heterocycles. The van der Waals surface area contributed by atoms with E-state index in [9.17, 15) is 9.59 Å². The molecule has 0 saturated carbocycles. The van der Waals surface area contributed by atoms with Crippen LogP contribution in [0.4, 0.5) is 0 Å². The summed E-state index contributed by atoms with van der Waals surface area (Å²) in [5.74, 6) is -0.901. The molecule has 0 aliphatic rings. The Bertz CT molecular complexity index is 806. The third-order valence-electron chi connectivity index (χ3n) is 4.03. The maximum atomic E-state index is 12.8. The van der Waals surface area contributed by atoms with Crippen molar-refractivity contribution < 1.29 is 9.90 Å². The van der Waals surface area contributed by atoms with Crippen molar-refractivity contribution in [3.8, 4) is 0 Å². The van der Waals surface area contributed by atoms with Gasteiger partial charge in [-0.2, -0.15) is 0 Å². The van der Waals surface area contributed by atoms with Crippen molar-refractivity contribution in [3.63, 3.8) is 0 Å². The number of aryl methyl sites for hydroxylation is 1. The number of carboxylic acid groups (broad SMARTS) is 1. The number of hydrogen-bond acceptors (Lipinski definition) is 2. The Morgan fingerprint density at radius 1 is 1.32 bits per heavy atom. The van der Waals surface area contributed by atoms with Gasteiger partial charge in [0.2, 0.25) is 0 Å². The van der Waals surface area contributed by atoms with Gasteiger partial charge in [-0.15, -0.1) is 0 Å². The fourth-order valence-corrected chi connectivity index (χ4v) is 3.13. The molecule has 0 atom stereocenters. The molecule has 0 saturated heterocycles. The van der Waals surface area contributed by atoms with Crippen LogP contribution < -0.4 is 5.43 Å². The topological polar surface area (TPSA) is 59.3 Å². The van der Waals surface area contributed by atoms with Gasteiger partial charge in [-0.25, -0.2) is 0 Å². The molecule has 0 aliphatic carbocycles. The Labute approximate surface area is 134 Å². The third-order valence-corrected chi connectivity index (χ3v) is 4.44. The van der Waals surface area contributed by atoms with Crippen LogP contribution in [-0.2, 0) is 11.2 Å². The van der Waals surface area contributed by atoms with Gasteiger partial charge >= 0.3 is 5.97 Å². The van der Waals surface area contributed by atoms with Gasteiger partial charge in [0.25, 0.3) is 0 Å². The molecule has 0 aliphatic heterocycles. The van der Waals surface area contributed by atoms with Crippen LogP contribution >= 0.6 is 11.6 Å². The van der Waals surface area contributed by atoms with Gasteiger partial charge in [-0.1, -0.05) is 11.6 Å². The first-order valence-corrected chi connectivity index (χ1v) is 7.68. The molecule has 0 amide bonds.